The molecule has 2 heterocycles. The summed E-state index contributed by atoms with van der Waals surface area (Å²) in [4.78, 5) is 12.5. The van der Waals surface area contributed by atoms with E-state index in [1.165, 1.54) is 5.56 Å². The van der Waals surface area contributed by atoms with Crippen LogP contribution in [0.3, 0.4) is 0 Å². The Bertz CT molecular complexity index is 544. The average Bonchev–Trinajstić information content (AvgIpc) is 2.61. The highest BCUT2D eigenvalue weighted by molar-refractivity contribution is 9.10. The number of hydrogen-bond donors (Lipinski definition) is 2. The first-order valence-electron chi connectivity index (χ1n) is 8.52. The largest absolute Gasteiger partial charge is 0.381 e. The Morgan fingerprint density at radius 3 is 2.83 bits per heavy atom. The molecule has 1 atom stereocenters. The third-order valence-corrected chi connectivity index (χ3v) is 5.65. The van der Waals surface area contributed by atoms with Crippen molar-refractivity contribution in [3.63, 3.8) is 0 Å². The van der Waals surface area contributed by atoms with E-state index in [1.54, 1.807) is 0 Å². The number of amides is 1. The number of carbonyl (C=O) groups is 1. The lowest BCUT2D eigenvalue weighted by molar-refractivity contribution is -0.126. The number of rotatable bonds is 4. The fourth-order valence-corrected chi connectivity index (χ4v) is 4.02. The van der Waals surface area contributed by atoms with Crippen molar-refractivity contribution in [1.29, 1.82) is 0 Å². The molecular weight excluding hydrogens is 392 g/mol. The van der Waals surface area contributed by atoms with Crippen LogP contribution in [0.4, 0.5) is 0 Å². The Balaban J connectivity index is 0.00000208. The van der Waals surface area contributed by atoms with Gasteiger partial charge in [0.2, 0.25) is 5.91 Å². The topological polar surface area (TPSA) is 50.4 Å². The lowest BCUT2D eigenvalue weighted by atomic mass is 9.74. The molecule has 0 aromatic heterocycles. The number of benzene rings is 1. The molecule has 4 nitrogen and oxygen atoms in total. The fourth-order valence-electron chi connectivity index (χ4n) is 3.62. The number of ether oxygens (including phenoxy) is 1. The van der Waals surface area contributed by atoms with Crippen molar-refractivity contribution >= 4 is 34.2 Å². The van der Waals surface area contributed by atoms with E-state index in [1.807, 2.05) is 6.07 Å². The van der Waals surface area contributed by atoms with Crippen molar-refractivity contribution in [2.45, 2.75) is 31.1 Å². The van der Waals surface area contributed by atoms with Gasteiger partial charge in [-0.3, -0.25) is 4.79 Å². The Labute approximate surface area is 158 Å². The van der Waals surface area contributed by atoms with Crippen LogP contribution in [0.25, 0.3) is 0 Å². The van der Waals surface area contributed by atoms with Gasteiger partial charge in [0.05, 0.1) is 5.92 Å². The molecule has 1 aromatic rings. The average molecular weight is 418 g/mol. The highest BCUT2D eigenvalue weighted by Gasteiger charge is 2.35. The van der Waals surface area contributed by atoms with Crippen molar-refractivity contribution in [3.8, 4) is 0 Å². The van der Waals surface area contributed by atoms with Gasteiger partial charge in [-0.25, -0.2) is 0 Å². The molecule has 3 rings (SSSR count). The summed E-state index contributed by atoms with van der Waals surface area (Å²) in [6.45, 7) is 4.05. The second kappa shape index (κ2) is 9.18. The van der Waals surface area contributed by atoms with Crippen molar-refractivity contribution < 1.29 is 9.53 Å². The van der Waals surface area contributed by atoms with Gasteiger partial charge in [0.1, 0.15) is 0 Å². The Morgan fingerprint density at radius 1 is 1.38 bits per heavy atom. The van der Waals surface area contributed by atoms with Crippen LogP contribution in [0.2, 0.25) is 0 Å². The molecular formula is C18H26BrClN2O2. The quantitative estimate of drug-likeness (QED) is 0.792. The molecule has 2 fully saturated rings. The fraction of sp³-hybridized carbons (Fsp3) is 0.611. The van der Waals surface area contributed by atoms with Crippen LogP contribution in [0.1, 0.15) is 31.2 Å². The molecule has 1 amide bonds. The second-order valence-electron chi connectivity index (χ2n) is 6.66. The maximum Gasteiger partial charge on any atom is 0.224 e. The first-order chi connectivity index (χ1) is 11.2. The normalized spacial score (nSPS) is 23.1. The lowest BCUT2D eigenvalue weighted by Crippen LogP contribution is -2.48. The smallest absolute Gasteiger partial charge is 0.224 e. The van der Waals surface area contributed by atoms with E-state index in [-0.39, 0.29) is 29.6 Å². The molecule has 0 saturated carbocycles. The summed E-state index contributed by atoms with van der Waals surface area (Å²) < 4.78 is 6.65. The SMILES string of the molecule is Cl.O=C(NCC1(c2cccc(Br)c2)CCOCC1)C1CCCNC1. The molecule has 2 aliphatic heterocycles. The van der Waals surface area contributed by atoms with E-state index in [4.69, 9.17) is 4.74 Å². The number of hydrogen-bond acceptors (Lipinski definition) is 3. The van der Waals surface area contributed by atoms with Gasteiger partial charge in [-0.1, -0.05) is 28.1 Å². The van der Waals surface area contributed by atoms with Crippen molar-refractivity contribution in [2.24, 2.45) is 5.92 Å². The summed E-state index contributed by atoms with van der Waals surface area (Å²) in [5.74, 6) is 0.307. The molecule has 6 heteroatoms. The third-order valence-electron chi connectivity index (χ3n) is 5.16. The first kappa shape index (κ1) is 19.7. The molecule has 2 N–H and O–H groups in total. The van der Waals surface area contributed by atoms with E-state index in [9.17, 15) is 4.79 Å². The zero-order valence-electron chi connectivity index (χ0n) is 13.9. The summed E-state index contributed by atoms with van der Waals surface area (Å²) in [6, 6.07) is 8.47. The molecule has 0 bridgehead atoms. The van der Waals surface area contributed by atoms with Crippen LogP contribution >= 0.6 is 28.3 Å². The van der Waals surface area contributed by atoms with Crippen LogP contribution in [-0.4, -0.2) is 38.8 Å². The van der Waals surface area contributed by atoms with Gasteiger partial charge in [0.15, 0.2) is 0 Å². The Morgan fingerprint density at radius 2 is 2.17 bits per heavy atom. The maximum absolute atomic E-state index is 12.5. The van der Waals surface area contributed by atoms with Gasteiger partial charge in [0.25, 0.3) is 0 Å². The minimum absolute atomic E-state index is 0. The lowest BCUT2D eigenvalue weighted by Gasteiger charge is -2.38. The Hall–Kier alpha value is -0.620. The summed E-state index contributed by atoms with van der Waals surface area (Å²) in [5.41, 5.74) is 1.28. The van der Waals surface area contributed by atoms with Crippen molar-refractivity contribution in [1.82, 2.24) is 10.6 Å². The van der Waals surface area contributed by atoms with Gasteiger partial charge in [-0.2, -0.15) is 0 Å². The predicted molar refractivity (Wildman–Crippen MR) is 102 cm³/mol. The van der Waals surface area contributed by atoms with Crippen LogP contribution < -0.4 is 10.6 Å². The molecule has 2 saturated heterocycles. The minimum Gasteiger partial charge on any atom is -0.381 e. The first-order valence-corrected chi connectivity index (χ1v) is 9.31. The summed E-state index contributed by atoms with van der Waals surface area (Å²) in [6.07, 6.45) is 3.98. The van der Waals surface area contributed by atoms with Crippen LogP contribution in [0.15, 0.2) is 28.7 Å². The molecule has 134 valence electrons. The predicted octanol–water partition coefficient (Wildman–Crippen LogP) is 3.03. The number of carbonyl (C=O) groups excluding carboxylic acids is 1. The van der Waals surface area contributed by atoms with Gasteiger partial charge < -0.3 is 15.4 Å². The number of piperidine rings is 1. The third kappa shape index (κ3) is 4.72. The highest BCUT2D eigenvalue weighted by atomic mass is 79.9. The summed E-state index contributed by atoms with van der Waals surface area (Å²) >= 11 is 3.57. The van der Waals surface area contributed by atoms with Crippen LogP contribution in [0.5, 0.6) is 0 Å². The van der Waals surface area contributed by atoms with Crippen molar-refractivity contribution in [3.05, 3.63) is 34.3 Å². The second-order valence-corrected chi connectivity index (χ2v) is 7.58. The number of halogens is 2. The summed E-state index contributed by atoms with van der Waals surface area (Å²) in [7, 11) is 0. The van der Waals surface area contributed by atoms with Crippen molar-refractivity contribution in [2.75, 3.05) is 32.8 Å². The van der Waals surface area contributed by atoms with Gasteiger partial charge in [0, 0.05) is 36.2 Å². The molecule has 0 radical (unpaired) electrons. The summed E-state index contributed by atoms with van der Waals surface area (Å²) in [5, 5.41) is 6.55. The molecule has 2 aliphatic rings. The van der Waals surface area contributed by atoms with E-state index < -0.39 is 0 Å². The van der Waals surface area contributed by atoms with E-state index in [0.29, 0.717) is 6.54 Å². The Kier molecular flexibility index (Phi) is 7.54. The maximum atomic E-state index is 12.5. The van der Waals surface area contributed by atoms with E-state index in [0.717, 1.165) is 56.5 Å². The molecule has 0 aliphatic carbocycles. The minimum atomic E-state index is -0.0141. The van der Waals surface area contributed by atoms with Gasteiger partial charge in [-0.15, -0.1) is 12.4 Å². The van der Waals surface area contributed by atoms with Crippen LogP contribution in [-0.2, 0) is 14.9 Å². The van der Waals surface area contributed by atoms with E-state index >= 15 is 0 Å². The van der Waals surface area contributed by atoms with Gasteiger partial charge in [-0.05, 0) is 49.9 Å². The highest BCUT2D eigenvalue weighted by Crippen LogP contribution is 2.35. The molecule has 24 heavy (non-hydrogen) atoms. The molecule has 1 aromatic carbocycles. The van der Waals surface area contributed by atoms with E-state index in [2.05, 4.69) is 44.8 Å². The number of nitrogens with one attached hydrogen (secondary N) is 2. The van der Waals surface area contributed by atoms with Crippen LogP contribution in [0, 0.1) is 5.92 Å². The standard InChI is InChI=1S/C18H25BrN2O2.ClH/c19-16-5-1-4-15(11-16)18(6-9-23-10-7-18)13-21-17(22)14-3-2-8-20-12-14;/h1,4-5,11,14,20H,2-3,6-10,12-13H2,(H,21,22);1H. The monoisotopic (exact) mass is 416 g/mol. The molecule has 0 spiro atoms. The van der Waals surface area contributed by atoms with Gasteiger partial charge >= 0.3 is 0 Å². The molecule has 1 unspecified atom stereocenters. The zero-order chi connectivity index (χ0) is 16.1. The zero-order valence-corrected chi connectivity index (χ0v) is 16.3.